The van der Waals surface area contributed by atoms with Gasteiger partial charge >= 0.3 is 0 Å². The average Bonchev–Trinajstić information content (AvgIpc) is 3.14. The van der Waals surface area contributed by atoms with E-state index in [2.05, 4.69) is 25.8 Å². The second-order valence-corrected chi connectivity index (χ2v) is 4.96. The first-order chi connectivity index (χ1) is 10.2. The van der Waals surface area contributed by atoms with Gasteiger partial charge in [-0.05, 0) is 25.1 Å². The first-order valence-electron chi connectivity index (χ1n) is 6.08. The minimum absolute atomic E-state index is 0.299. The molecule has 0 aromatic carbocycles. The Kier molecular flexibility index (Phi) is 3.61. The third-order valence-electron chi connectivity index (χ3n) is 2.54. The van der Waals surface area contributed by atoms with E-state index in [9.17, 15) is 4.79 Å². The van der Waals surface area contributed by atoms with E-state index in [1.807, 2.05) is 19.1 Å². The summed E-state index contributed by atoms with van der Waals surface area (Å²) in [5.74, 6) is 1.39. The number of furan rings is 1. The maximum Gasteiger partial charge on any atom is 0.289 e. The number of thiazole rings is 1. The van der Waals surface area contributed by atoms with Crippen molar-refractivity contribution in [3.63, 3.8) is 0 Å². The lowest BCUT2D eigenvalue weighted by molar-refractivity contribution is 0.0958. The molecular weight excluding hydrogens is 290 g/mol. The molecule has 0 bridgehead atoms. The summed E-state index contributed by atoms with van der Waals surface area (Å²) in [4.78, 5) is 24.1. The zero-order valence-electron chi connectivity index (χ0n) is 11.0. The van der Waals surface area contributed by atoms with Crippen molar-refractivity contribution < 1.29 is 9.21 Å². The summed E-state index contributed by atoms with van der Waals surface area (Å²) in [6.07, 6.45) is 3.14. The largest absolute Gasteiger partial charge is 0.459 e. The summed E-state index contributed by atoms with van der Waals surface area (Å²) >= 11 is 1.34. The SMILES string of the molecule is Cc1ccc(-c2nc(C(=O)NNc3ncccn3)cs2)o1. The van der Waals surface area contributed by atoms with Gasteiger partial charge in [-0.3, -0.25) is 15.6 Å². The number of aryl methyl sites for hydroxylation is 1. The number of carbonyl (C=O) groups excluding carboxylic acids is 1. The number of anilines is 1. The van der Waals surface area contributed by atoms with E-state index in [0.29, 0.717) is 22.4 Å². The van der Waals surface area contributed by atoms with Crippen molar-refractivity contribution in [2.75, 3.05) is 5.43 Å². The Morgan fingerprint density at radius 2 is 2.10 bits per heavy atom. The Morgan fingerprint density at radius 3 is 2.81 bits per heavy atom. The van der Waals surface area contributed by atoms with Crippen LogP contribution in [-0.2, 0) is 0 Å². The number of rotatable bonds is 4. The molecule has 21 heavy (non-hydrogen) atoms. The smallest absolute Gasteiger partial charge is 0.289 e. The molecule has 3 heterocycles. The molecule has 3 aromatic heterocycles. The molecule has 106 valence electrons. The van der Waals surface area contributed by atoms with Gasteiger partial charge in [0.05, 0.1) is 0 Å². The molecule has 2 N–H and O–H groups in total. The quantitative estimate of drug-likeness (QED) is 0.718. The summed E-state index contributed by atoms with van der Waals surface area (Å²) in [5.41, 5.74) is 5.40. The second-order valence-electron chi connectivity index (χ2n) is 4.10. The van der Waals surface area contributed by atoms with Crippen LogP contribution in [0.1, 0.15) is 16.2 Å². The van der Waals surface area contributed by atoms with E-state index in [4.69, 9.17) is 4.42 Å². The highest BCUT2D eigenvalue weighted by Gasteiger charge is 2.13. The highest BCUT2D eigenvalue weighted by Crippen LogP contribution is 2.25. The number of nitrogens with one attached hydrogen (secondary N) is 2. The lowest BCUT2D eigenvalue weighted by atomic mass is 10.4. The molecule has 0 atom stereocenters. The Labute approximate surface area is 124 Å². The molecule has 0 fully saturated rings. The summed E-state index contributed by atoms with van der Waals surface area (Å²) in [6, 6.07) is 5.36. The van der Waals surface area contributed by atoms with Crippen LogP contribution >= 0.6 is 11.3 Å². The van der Waals surface area contributed by atoms with Crippen LogP contribution in [0.5, 0.6) is 0 Å². The number of aromatic nitrogens is 3. The van der Waals surface area contributed by atoms with Crippen LogP contribution in [-0.4, -0.2) is 20.9 Å². The molecule has 0 spiro atoms. The van der Waals surface area contributed by atoms with Gasteiger partial charge in [0.25, 0.3) is 5.91 Å². The molecule has 0 unspecified atom stereocenters. The van der Waals surface area contributed by atoms with Crippen LogP contribution in [0, 0.1) is 6.92 Å². The minimum atomic E-state index is -0.367. The van der Waals surface area contributed by atoms with Crippen LogP contribution < -0.4 is 10.9 Å². The number of carbonyl (C=O) groups is 1. The summed E-state index contributed by atoms with van der Waals surface area (Å²) in [5, 5.41) is 2.32. The summed E-state index contributed by atoms with van der Waals surface area (Å²) in [6.45, 7) is 1.86. The number of hydrazine groups is 1. The van der Waals surface area contributed by atoms with Gasteiger partial charge in [-0.25, -0.2) is 15.0 Å². The van der Waals surface area contributed by atoms with E-state index < -0.39 is 0 Å². The van der Waals surface area contributed by atoms with Crippen molar-refractivity contribution >= 4 is 23.2 Å². The molecule has 3 aromatic rings. The van der Waals surface area contributed by atoms with Gasteiger partial charge in [-0.15, -0.1) is 11.3 Å². The molecule has 1 amide bonds. The first-order valence-corrected chi connectivity index (χ1v) is 6.96. The Morgan fingerprint density at radius 1 is 1.29 bits per heavy atom. The lowest BCUT2D eigenvalue weighted by Gasteiger charge is -2.04. The van der Waals surface area contributed by atoms with Crippen molar-refractivity contribution in [3.05, 3.63) is 47.4 Å². The summed E-state index contributed by atoms with van der Waals surface area (Å²) in [7, 11) is 0. The monoisotopic (exact) mass is 301 g/mol. The summed E-state index contributed by atoms with van der Waals surface area (Å²) < 4.78 is 5.47. The van der Waals surface area contributed by atoms with Crippen LogP contribution in [0.15, 0.2) is 40.4 Å². The Balaban J connectivity index is 1.67. The zero-order valence-corrected chi connectivity index (χ0v) is 11.8. The van der Waals surface area contributed by atoms with Crippen LogP contribution in [0.4, 0.5) is 5.95 Å². The highest BCUT2D eigenvalue weighted by molar-refractivity contribution is 7.13. The van der Waals surface area contributed by atoms with Crippen molar-refractivity contribution in [1.29, 1.82) is 0 Å². The molecule has 0 aliphatic rings. The van der Waals surface area contributed by atoms with Crippen molar-refractivity contribution in [2.24, 2.45) is 0 Å². The maximum absolute atomic E-state index is 12.0. The van der Waals surface area contributed by atoms with Crippen molar-refractivity contribution in [1.82, 2.24) is 20.4 Å². The molecule has 0 aliphatic heterocycles. The second kappa shape index (κ2) is 5.71. The van der Waals surface area contributed by atoms with Crippen LogP contribution in [0.3, 0.4) is 0 Å². The van der Waals surface area contributed by atoms with Gasteiger partial charge in [0, 0.05) is 17.8 Å². The topological polar surface area (TPSA) is 92.9 Å². The third-order valence-corrected chi connectivity index (χ3v) is 3.40. The standard InChI is InChI=1S/C13H11N5O2S/c1-8-3-4-10(20-8)12-16-9(7-21-12)11(19)17-18-13-14-5-2-6-15-13/h2-7H,1H3,(H,17,19)(H,14,15,18). The number of hydrogen-bond donors (Lipinski definition) is 2. The van der Waals surface area contributed by atoms with E-state index in [1.54, 1.807) is 23.8 Å². The van der Waals surface area contributed by atoms with Crippen molar-refractivity contribution in [2.45, 2.75) is 6.92 Å². The van der Waals surface area contributed by atoms with E-state index in [0.717, 1.165) is 5.76 Å². The number of hydrogen-bond acceptors (Lipinski definition) is 7. The van der Waals surface area contributed by atoms with Gasteiger partial charge < -0.3 is 4.42 Å². The van der Waals surface area contributed by atoms with Gasteiger partial charge in [0.1, 0.15) is 11.5 Å². The average molecular weight is 301 g/mol. The fourth-order valence-electron chi connectivity index (χ4n) is 1.58. The van der Waals surface area contributed by atoms with E-state index in [1.165, 1.54) is 11.3 Å². The first kappa shape index (κ1) is 13.3. The minimum Gasteiger partial charge on any atom is -0.459 e. The predicted molar refractivity (Wildman–Crippen MR) is 77.7 cm³/mol. The highest BCUT2D eigenvalue weighted by atomic mass is 32.1. The van der Waals surface area contributed by atoms with Gasteiger partial charge in [0.2, 0.25) is 5.95 Å². The number of amides is 1. The molecule has 0 saturated heterocycles. The van der Waals surface area contributed by atoms with E-state index >= 15 is 0 Å². The van der Waals surface area contributed by atoms with Crippen LogP contribution in [0.25, 0.3) is 10.8 Å². The lowest BCUT2D eigenvalue weighted by Crippen LogP contribution is -2.30. The maximum atomic E-state index is 12.0. The fourth-order valence-corrected chi connectivity index (χ4v) is 2.34. The molecular formula is C13H11N5O2S. The third kappa shape index (κ3) is 3.06. The van der Waals surface area contributed by atoms with Gasteiger partial charge in [-0.2, -0.15) is 0 Å². The Hall–Kier alpha value is -2.74. The van der Waals surface area contributed by atoms with Gasteiger partial charge in [0.15, 0.2) is 10.8 Å². The molecule has 3 rings (SSSR count). The van der Waals surface area contributed by atoms with Crippen molar-refractivity contribution in [3.8, 4) is 10.8 Å². The Bertz CT molecular complexity index is 753. The molecule has 7 nitrogen and oxygen atoms in total. The van der Waals surface area contributed by atoms with Crippen LogP contribution in [0.2, 0.25) is 0 Å². The fraction of sp³-hybridized carbons (Fsp3) is 0.0769. The number of nitrogens with zero attached hydrogens (tertiary/aromatic N) is 3. The molecule has 0 radical (unpaired) electrons. The molecule has 0 saturated carbocycles. The molecule has 8 heteroatoms. The normalized spacial score (nSPS) is 10.3. The van der Waals surface area contributed by atoms with Gasteiger partial charge in [-0.1, -0.05) is 0 Å². The van der Waals surface area contributed by atoms with E-state index in [-0.39, 0.29) is 5.91 Å². The zero-order chi connectivity index (χ0) is 14.7. The molecule has 0 aliphatic carbocycles. The predicted octanol–water partition coefficient (Wildman–Crippen LogP) is 2.26.